The first-order valence-corrected chi connectivity index (χ1v) is 10.2. The van der Waals surface area contributed by atoms with Crippen molar-refractivity contribution in [2.45, 2.75) is 18.9 Å². The standard InChI is InChI=1S/C17H17N7O2S/c1-27(25,26)23-13-4-2-3-12(7-13)21-16-8-15(20-11-5-6-11)17-19-10-14(9-18)24(17)22-16/h2-4,7-8,10-11,20,23H,5-6H2,1H3,(H,21,22). The van der Waals surface area contributed by atoms with Gasteiger partial charge in [-0.05, 0) is 31.0 Å². The Labute approximate surface area is 156 Å². The van der Waals surface area contributed by atoms with Crippen molar-refractivity contribution in [2.24, 2.45) is 0 Å². The summed E-state index contributed by atoms with van der Waals surface area (Å²) in [5.41, 5.74) is 2.82. The molecule has 0 amide bonds. The zero-order chi connectivity index (χ0) is 19.0. The number of nitriles is 1. The van der Waals surface area contributed by atoms with Gasteiger partial charge in [-0.15, -0.1) is 5.10 Å². The lowest BCUT2D eigenvalue weighted by Crippen LogP contribution is -2.10. The van der Waals surface area contributed by atoms with Gasteiger partial charge >= 0.3 is 0 Å². The lowest BCUT2D eigenvalue weighted by Gasteiger charge is -2.12. The van der Waals surface area contributed by atoms with Gasteiger partial charge in [0.15, 0.2) is 17.2 Å². The highest BCUT2D eigenvalue weighted by Crippen LogP contribution is 2.29. The third-order valence-electron chi connectivity index (χ3n) is 3.96. The normalized spacial score (nSPS) is 13.9. The minimum absolute atomic E-state index is 0.333. The third kappa shape index (κ3) is 3.93. The second kappa shape index (κ2) is 6.44. The lowest BCUT2D eigenvalue weighted by molar-refractivity contribution is 0.607. The van der Waals surface area contributed by atoms with E-state index in [4.69, 9.17) is 0 Å². The Morgan fingerprint density at radius 1 is 1.26 bits per heavy atom. The molecule has 0 saturated heterocycles. The topological polar surface area (TPSA) is 124 Å². The van der Waals surface area contributed by atoms with Crippen LogP contribution < -0.4 is 15.4 Å². The van der Waals surface area contributed by atoms with Crippen LogP contribution in [0, 0.1) is 11.3 Å². The molecule has 4 rings (SSSR count). The molecule has 10 heteroatoms. The lowest BCUT2D eigenvalue weighted by atomic mass is 10.3. The summed E-state index contributed by atoms with van der Waals surface area (Å²) < 4.78 is 26.8. The van der Waals surface area contributed by atoms with Crippen LogP contribution in [-0.2, 0) is 10.0 Å². The van der Waals surface area contributed by atoms with Gasteiger partial charge in [0, 0.05) is 17.8 Å². The summed E-state index contributed by atoms with van der Waals surface area (Å²) in [4.78, 5) is 4.28. The van der Waals surface area contributed by atoms with Gasteiger partial charge in [-0.1, -0.05) is 6.07 Å². The molecular weight excluding hydrogens is 366 g/mol. The van der Waals surface area contributed by atoms with E-state index in [1.54, 1.807) is 24.3 Å². The number of hydrogen-bond acceptors (Lipinski definition) is 7. The van der Waals surface area contributed by atoms with Gasteiger partial charge in [-0.3, -0.25) is 4.72 Å². The summed E-state index contributed by atoms with van der Waals surface area (Å²) in [6.45, 7) is 0. The van der Waals surface area contributed by atoms with Crippen molar-refractivity contribution in [3.63, 3.8) is 0 Å². The predicted molar refractivity (Wildman–Crippen MR) is 103 cm³/mol. The number of aromatic nitrogens is 3. The van der Waals surface area contributed by atoms with Crippen molar-refractivity contribution in [1.29, 1.82) is 5.26 Å². The van der Waals surface area contributed by atoms with E-state index in [1.807, 2.05) is 6.07 Å². The molecule has 3 aromatic rings. The molecule has 1 fully saturated rings. The van der Waals surface area contributed by atoms with Crippen LogP contribution in [0.25, 0.3) is 5.65 Å². The summed E-state index contributed by atoms with van der Waals surface area (Å²) in [5.74, 6) is 0.511. The highest BCUT2D eigenvalue weighted by Gasteiger charge is 2.23. The molecule has 2 aromatic heterocycles. The number of fused-ring (bicyclic) bond motifs is 1. The van der Waals surface area contributed by atoms with Crippen LogP contribution in [0.2, 0.25) is 0 Å². The molecule has 138 valence electrons. The number of anilines is 4. The van der Waals surface area contributed by atoms with Gasteiger partial charge in [-0.25, -0.2) is 13.4 Å². The van der Waals surface area contributed by atoms with Crippen LogP contribution in [0.5, 0.6) is 0 Å². The summed E-state index contributed by atoms with van der Waals surface area (Å²) >= 11 is 0. The van der Waals surface area contributed by atoms with E-state index in [-0.39, 0.29) is 0 Å². The molecule has 9 nitrogen and oxygen atoms in total. The maximum atomic E-state index is 11.4. The van der Waals surface area contributed by atoms with Crippen LogP contribution >= 0.6 is 0 Å². The Morgan fingerprint density at radius 2 is 2.04 bits per heavy atom. The van der Waals surface area contributed by atoms with E-state index >= 15 is 0 Å². The summed E-state index contributed by atoms with van der Waals surface area (Å²) in [6.07, 6.45) is 4.78. The number of nitrogens with zero attached hydrogens (tertiary/aromatic N) is 4. The number of imidazole rings is 1. The maximum absolute atomic E-state index is 11.4. The second-order valence-electron chi connectivity index (χ2n) is 6.43. The molecular formula is C17H17N7O2S. The zero-order valence-corrected chi connectivity index (χ0v) is 15.3. The maximum Gasteiger partial charge on any atom is 0.229 e. The first-order valence-electron chi connectivity index (χ1n) is 8.31. The molecule has 1 aliphatic rings. The minimum atomic E-state index is -3.36. The average molecular weight is 383 g/mol. The van der Waals surface area contributed by atoms with Crippen molar-refractivity contribution in [3.8, 4) is 6.07 Å². The van der Waals surface area contributed by atoms with E-state index in [9.17, 15) is 13.7 Å². The van der Waals surface area contributed by atoms with E-state index in [0.29, 0.717) is 34.6 Å². The van der Waals surface area contributed by atoms with Crippen molar-refractivity contribution >= 4 is 38.6 Å². The Bertz CT molecular complexity index is 1160. The zero-order valence-electron chi connectivity index (χ0n) is 14.5. The third-order valence-corrected chi connectivity index (χ3v) is 4.56. The average Bonchev–Trinajstić information content (AvgIpc) is 3.30. The van der Waals surface area contributed by atoms with Crippen LogP contribution in [-0.4, -0.2) is 35.3 Å². The first-order chi connectivity index (χ1) is 12.9. The Morgan fingerprint density at radius 3 is 2.74 bits per heavy atom. The SMILES string of the molecule is CS(=O)(=O)Nc1cccc(Nc2cc(NC3CC3)c3ncc(C#N)n3n2)c1. The highest BCUT2D eigenvalue weighted by molar-refractivity contribution is 7.92. The Hall–Kier alpha value is -3.32. The molecule has 0 unspecified atom stereocenters. The molecule has 0 spiro atoms. The van der Waals surface area contributed by atoms with E-state index in [2.05, 4.69) is 31.5 Å². The summed E-state index contributed by atoms with van der Waals surface area (Å²) in [5, 5.41) is 20.3. The molecule has 1 aliphatic carbocycles. The molecule has 0 aliphatic heterocycles. The smallest absolute Gasteiger partial charge is 0.229 e. The fourth-order valence-electron chi connectivity index (χ4n) is 2.68. The van der Waals surface area contributed by atoms with Crippen LogP contribution in [0.4, 0.5) is 22.9 Å². The minimum Gasteiger partial charge on any atom is -0.379 e. The molecule has 3 N–H and O–H groups in total. The van der Waals surface area contributed by atoms with Crippen molar-refractivity contribution in [2.75, 3.05) is 21.6 Å². The van der Waals surface area contributed by atoms with Gasteiger partial charge in [0.2, 0.25) is 10.0 Å². The number of nitrogens with one attached hydrogen (secondary N) is 3. The molecule has 0 bridgehead atoms. The van der Waals surface area contributed by atoms with Gasteiger partial charge < -0.3 is 10.6 Å². The van der Waals surface area contributed by atoms with Crippen molar-refractivity contribution in [3.05, 3.63) is 42.2 Å². The van der Waals surface area contributed by atoms with Crippen LogP contribution in [0.15, 0.2) is 36.5 Å². The Kier molecular flexibility index (Phi) is 4.08. The van der Waals surface area contributed by atoms with E-state index in [1.165, 1.54) is 10.7 Å². The molecule has 1 aromatic carbocycles. The first kappa shape index (κ1) is 17.1. The fourth-order valence-corrected chi connectivity index (χ4v) is 3.24. The van der Waals surface area contributed by atoms with Gasteiger partial charge in [0.05, 0.1) is 23.8 Å². The molecule has 1 saturated carbocycles. The van der Waals surface area contributed by atoms with E-state index in [0.717, 1.165) is 24.8 Å². The summed E-state index contributed by atoms with van der Waals surface area (Å²) in [6, 6.07) is 11.2. The molecule has 0 radical (unpaired) electrons. The fraction of sp³-hybridized carbons (Fsp3) is 0.235. The van der Waals surface area contributed by atoms with E-state index < -0.39 is 10.0 Å². The van der Waals surface area contributed by atoms with Gasteiger partial charge in [-0.2, -0.15) is 9.78 Å². The monoisotopic (exact) mass is 383 g/mol. The van der Waals surface area contributed by atoms with Crippen molar-refractivity contribution in [1.82, 2.24) is 14.6 Å². The second-order valence-corrected chi connectivity index (χ2v) is 8.18. The largest absolute Gasteiger partial charge is 0.379 e. The number of hydrogen-bond donors (Lipinski definition) is 3. The number of rotatable bonds is 6. The molecule has 27 heavy (non-hydrogen) atoms. The molecule has 0 atom stereocenters. The quantitative estimate of drug-likeness (QED) is 0.596. The molecule has 2 heterocycles. The highest BCUT2D eigenvalue weighted by atomic mass is 32.2. The number of sulfonamides is 1. The Balaban J connectivity index is 1.69. The van der Waals surface area contributed by atoms with Crippen LogP contribution in [0.1, 0.15) is 18.5 Å². The van der Waals surface area contributed by atoms with Gasteiger partial charge in [0.25, 0.3) is 0 Å². The summed E-state index contributed by atoms with van der Waals surface area (Å²) in [7, 11) is -3.36. The number of benzene rings is 1. The van der Waals surface area contributed by atoms with Crippen LogP contribution in [0.3, 0.4) is 0 Å². The van der Waals surface area contributed by atoms with Crippen molar-refractivity contribution < 1.29 is 8.42 Å². The van der Waals surface area contributed by atoms with Gasteiger partial charge in [0.1, 0.15) is 6.07 Å². The predicted octanol–water partition coefficient (Wildman–Crippen LogP) is 2.29.